The number of carbonyl (C=O) groups is 2. The molecule has 0 aliphatic rings. The van der Waals surface area contributed by atoms with Gasteiger partial charge in [0, 0.05) is 23.3 Å². The number of rotatable bonds is 8. The second kappa shape index (κ2) is 10.7. The topological polar surface area (TPSA) is 80.3 Å². The van der Waals surface area contributed by atoms with E-state index < -0.39 is 11.9 Å². The molecule has 2 N–H and O–H groups in total. The molecule has 6 nitrogen and oxygen atoms in total. The number of nitrogens with zero attached hydrogens (tertiary/aromatic N) is 1. The molecule has 1 unspecified atom stereocenters. The monoisotopic (exact) mass is 455 g/mol. The molecule has 1 heterocycles. The predicted octanol–water partition coefficient (Wildman–Crippen LogP) is 4.74. The number of halogens is 2. The molecule has 2 aromatic carbocycles. The molecule has 0 saturated heterocycles. The van der Waals surface area contributed by atoms with Crippen molar-refractivity contribution in [2.45, 2.75) is 26.4 Å². The van der Waals surface area contributed by atoms with Crippen LogP contribution >= 0.6 is 11.6 Å². The third-order valence-corrected chi connectivity index (χ3v) is 4.92. The van der Waals surface area contributed by atoms with E-state index in [1.54, 1.807) is 48.7 Å². The summed E-state index contributed by atoms with van der Waals surface area (Å²) >= 11 is 5.85. The molecule has 3 aromatic rings. The Morgan fingerprint density at radius 1 is 1.12 bits per heavy atom. The second-order valence-corrected chi connectivity index (χ2v) is 7.91. The summed E-state index contributed by atoms with van der Waals surface area (Å²) in [4.78, 5) is 29.1. The maximum Gasteiger partial charge on any atom is 0.251 e. The fraction of sp³-hybridized carbons (Fsp3) is 0.208. The zero-order chi connectivity index (χ0) is 23.1. The van der Waals surface area contributed by atoms with E-state index in [1.165, 1.54) is 18.3 Å². The smallest absolute Gasteiger partial charge is 0.251 e. The van der Waals surface area contributed by atoms with Gasteiger partial charge in [-0.15, -0.1) is 0 Å². The highest BCUT2D eigenvalue weighted by atomic mass is 35.5. The average Bonchev–Trinajstić information content (AvgIpc) is 2.78. The van der Waals surface area contributed by atoms with E-state index in [4.69, 9.17) is 16.3 Å². The maximum atomic E-state index is 14.4. The van der Waals surface area contributed by atoms with E-state index in [0.717, 1.165) is 0 Å². The lowest BCUT2D eigenvalue weighted by Gasteiger charge is -2.22. The summed E-state index contributed by atoms with van der Waals surface area (Å²) < 4.78 is 19.9. The first-order valence-corrected chi connectivity index (χ1v) is 10.4. The summed E-state index contributed by atoms with van der Waals surface area (Å²) in [6, 6.07) is 13.4. The first-order valence-electron chi connectivity index (χ1n) is 10.0. The van der Waals surface area contributed by atoms with Crippen LogP contribution in [0.3, 0.4) is 0 Å². The van der Waals surface area contributed by atoms with Crippen LogP contribution in [0.5, 0.6) is 11.5 Å². The lowest BCUT2D eigenvalue weighted by Crippen LogP contribution is -2.49. The number of pyridine rings is 1. The van der Waals surface area contributed by atoms with Crippen LogP contribution in [0.2, 0.25) is 5.02 Å². The Hall–Kier alpha value is -3.45. The minimum Gasteiger partial charge on any atom is -0.453 e. The molecule has 0 radical (unpaired) electrons. The van der Waals surface area contributed by atoms with Gasteiger partial charge in [-0.1, -0.05) is 31.5 Å². The van der Waals surface area contributed by atoms with Gasteiger partial charge < -0.3 is 15.4 Å². The molecule has 166 valence electrons. The van der Waals surface area contributed by atoms with Crippen molar-refractivity contribution >= 4 is 23.4 Å². The van der Waals surface area contributed by atoms with Gasteiger partial charge in [0.15, 0.2) is 11.6 Å². The number of nitrogens with one attached hydrogen (secondary N) is 2. The van der Waals surface area contributed by atoms with Gasteiger partial charge in [-0.3, -0.25) is 14.6 Å². The predicted molar refractivity (Wildman–Crippen MR) is 120 cm³/mol. The van der Waals surface area contributed by atoms with Crippen molar-refractivity contribution in [2.24, 2.45) is 5.92 Å². The zero-order valence-corrected chi connectivity index (χ0v) is 18.4. The normalized spacial score (nSPS) is 11.7. The molecular formula is C24H23ClFN3O3. The highest BCUT2D eigenvalue weighted by molar-refractivity contribution is 6.30. The van der Waals surface area contributed by atoms with Gasteiger partial charge in [0.05, 0.1) is 6.20 Å². The molecule has 0 bridgehead atoms. The van der Waals surface area contributed by atoms with Crippen LogP contribution in [0.1, 0.15) is 29.8 Å². The van der Waals surface area contributed by atoms with E-state index in [0.29, 0.717) is 21.9 Å². The Morgan fingerprint density at radius 2 is 1.88 bits per heavy atom. The standard InChI is InChI=1S/C24H23ClFN3O3/c1-15(2)22(29-23(30)17-6-8-18(25)9-7-17)24(31)28-13-16-5-10-21(20(26)12-16)32-19-4-3-11-27-14-19/h3-12,14-15,22H,13H2,1-2H3,(H,28,31)(H,29,30). The second-order valence-electron chi connectivity index (χ2n) is 7.48. The molecule has 32 heavy (non-hydrogen) atoms. The summed E-state index contributed by atoms with van der Waals surface area (Å²) in [5, 5.41) is 6.01. The van der Waals surface area contributed by atoms with Crippen molar-refractivity contribution in [3.63, 3.8) is 0 Å². The summed E-state index contributed by atoms with van der Waals surface area (Å²) in [5.41, 5.74) is 0.958. The lowest BCUT2D eigenvalue weighted by atomic mass is 10.0. The van der Waals surface area contributed by atoms with Gasteiger partial charge in [-0.25, -0.2) is 4.39 Å². The Kier molecular flexibility index (Phi) is 7.78. The van der Waals surface area contributed by atoms with Crippen molar-refractivity contribution in [2.75, 3.05) is 0 Å². The molecule has 0 aliphatic carbocycles. The number of hydrogen-bond donors (Lipinski definition) is 2. The Balaban J connectivity index is 1.60. The molecule has 2 amide bonds. The van der Waals surface area contributed by atoms with Gasteiger partial charge in [0.2, 0.25) is 5.91 Å². The fourth-order valence-electron chi connectivity index (χ4n) is 2.93. The number of aromatic nitrogens is 1. The first kappa shape index (κ1) is 23.2. The minimum absolute atomic E-state index is 0.0587. The SMILES string of the molecule is CC(C)C(NC(=O)c1ccc(Cl)cc1)C(=O)NCc1ccc(Oc2cccnc2)c(F)c1. The molecule has 1 aromatic heterocycles. The summed E-state index contributed by atoms with van der Waals surface area (Å²) in [6.07, 6.45) is 3.08. The van der Waals surface area contributed by atoms with Gasteiger partial charge >= 0.3 is 0 Å². The van der Waals surface area contributed by atoms with Crippen LogP contribution in [-0.2, 0) is 11.3 Å². The third-order valence-electron chi connectivity index (χ3n) is 4.67. The van der Waals surface area contributed by atoms with E-state index in [-0.39, 0.29) is 30.0 Å². The zero-order valence-electron chi connectivity index (χ0n) is 17.6. The molecular weight excluding hydrogens is 433 g/mol. The summed E-state index contributed by atoms with van der Waals surface area (Å²) in [6.45, 7) is 3.76. The molecule has 1 atom stereocenters. The van der Waals surface area contributed by atoms with Crippen LogP contribution in [0.4, 0.5) is 4.39 Å². The molecule has 8 heteroatoms. The van der Waals surface area contributed by atoms with Gasteiger partial charge in [-0.05, 0) is 60.0 Å². The van der Waals surface area contributed by atoms with E-state index >= 15 is 0 Å². The van der Waals surface area contributed by atoms with Crippen molar-refractivity contribution < 1.29 is 18.7 Å². The highest BCUT2D eigenvalue weighted by Gasteiger charge is 2.24. The molecule has 0 aliphatic heterocycles. The highest BCUT2D eigenvalue weighted by Crippen LogP contribution is 2.24. The molecule has 3 rings (SSSR count). The van der Waals surface area contributed by atoms with Gasteiger partial charge in [-0.2, -0.15) is 0 Å². The van der Waals surface area contributed by atoms with Gasteiger partial charge in [0.1, 0.15) is 11.8 Å². The van der Waals surface area contributed by atoms with Crippen molar-refractivity contribution in [3.8, 4) is 11.5 Å². The Labute approximate surface area is 190 Å². The van der Waals surface area contributed by atoms with Crippen molar-refractivity contribution in [3.05, 3.63) is 89.0 Å². The number of amides is 2. The van der Waals surface area contributed by atoms with E-state index in [9.17, 15) is 14.0 Å². The van der Waals surface area contributed by atoms with Crippen LogP contribution in [0.15, 0.2) is 67.0 Å². The maximum absolute atomic E-state index is 14.4. The quantitative estimate of drug-likeness (QED) is 0.514. The summed E-state index contributed by atoms with van der Waals surface area (Å²) in [7, 11) is 0. The summed E-state index contributed by atoms with van der Waals surface area (Å²) in [5.74, 6) is -0.973. The van der Waals surface area contributed by atoms with Crippen LogP contribution in [-0.4, -0.2) is 22.8 Å². The number of benzene rings is 2. The van der Waals surface area contributed by atoms with E-state index in [2.05, 4.69) is 15.6 Å². The van der Waals surface area contributed by atoms with Crippen molar-refractivity contribution in [1.29, 1.82) is 0 Å². The Bertz CT molecular complexity index is 1080. The van der Waals surface area contributed by atoms with E-state index in [1.807, 2.05) is 13.8 Å². The van der Waals surface area contributed by atoms with Crippen molar-refractivity contribution in [1.82, 2.24) is 15.6 Å². The average molecular weight is 456 g/mol. The largest absolute Gasteiger partial charge is 0.453 e. The van der Waals surface area contributed by atoms with Crippen LogP contribution in [0.25, 0.3) is 0 Å². The fourth-order valence-corrected chi connectivity index (χ4v) is 3.06. The number of hydrogen-bond acceptors (Lipinski definition) is 4. The molecule has 0 fully saturated rings. The molecule has 0 spiro atoms. The molecule has 0 saturated carbocycles. The first-order chi connectivity index (χ1) is 15.3. The van der Waals surface area contributed by atoms with Gasteiger partial charge in [0.25, 0.3) is 5.91 Å². The van der Waals surface area contributed by atoms with Crippen LogP contribution < -0.4 is 15.4 Å². The number of carbonyl (C=O) groups excluding carboxylic acids is 2. The number of ether oxygens (including phenoxy) is 1. The lowest BCUT2D eigenvalue weighted by molar-refractivity contribution is -0.124. The third kappa shape index (κ3) is 6.28. The minimum atomic E-state index is -0.754. The van der Waals surface area contributed by atoms with Crippen LogP contribution in [0, 0.1) is 11.7 Å². The Morgan fingerprint density at radius 3 is 2.50 bits per heavy atom.